The van der Waals surface area contributed by atoms with Gasteiger partial charge in [0, 0.05) is 19.3 Å². The number of aliphatic hydroxyl groups is 1. The lowest BCUT2D eigenvalue weighted by atomic mass is 9.95. The van der Waals surface area contributed by atoms with Crippen molar-refractivity contribution >= 4 is 28.3 Å². The van der Waals surface area contributed by atoms with Gasteiger partial charge in [-0.15, -0.1) is 0 Å². The van der Waals surface area contributed by atoms with Crippen molar-refractivity contribution in [2.75, 3.05) is 50.9 Å². The highest BCUT2D eigenvalue weighted by Gasteiger charge is 2.45. The summed E-state index contributed by atoms with van der Waals surface area (Å²) in [6.07, 6.45) is 5.68. The third-order valence-corrected chi connectivity index (χ3v) is 6.79. The van der Waals surface area contributed by atoms with E-state index in [0.717, 1.165) is 25.9 Å². The Morgan fingerprint density at radius 2 is 2.07 bits per heavy atom. The van der Waals surface area contributed by atoms with Crippen LogP contribution in [0, 0.1) is 5.82 Å². The summed E-state index contributed by atoms with van der Waals surface area (Å²) >= 11 is 5.92. The molecular weight excluding hydrogens is 413 g/mol. The van der Waals surface area contributed by atoms with Crippen molar-refractivity contribution < 1.29 is 19.0 Å². The lowest BCUT2D eigenvalue weighted by molar-refractivity contribution is 0.00339. The van der Waals surface area contributed by atoms with E-state index < -0.39 is 5.82 Å². The maximum Gasteiger partial charge on any atom is 0.319 e. The van der Waals surface area contributed by atoms with Gasteiger partial charge in [0.25, 0.3) is 0 Å². The molecular formula is C20H25ClFN5O3. The van der Waals surface area contributed by atoms with Crippen LogP contribution in [-0.2, 0) is 4.74 Å². The van der Waals surface area contributed by atoms with Crippen LogP contribution in [0.4, 0.5) is 10.2 Å². The minimum atomic E-state index is -0.684. The third kappa shape index (κ3) is 3.47. The van der Waals surface area contributed by atoms with E-state index in [9.17, 15) is 9.50 Å². The number of morpholine rings is 1. The molecule has 0 spiro atoms. The fourth-order valence-electron chi connectivity index (χ4n) is 4.99. The molecule has 2 aromatic rings. The zero-order chi connectivity index (χ0) is 20.7. The molecule has 3 saturated heterocycles. The summed E-state index contributed by atoms with van der Waals surface area (Å²) in [5, 5.41) is 9.72. The van der Waals surface area contributed by atoms with E-state index in [2.05, 4.69) is 19.9 Å². The van der Waals surface area contributed by atoms with Crippen LogP contribution in [0.3, 0.4) is 0 Å². The first kappa shape index (κ1) is 20.1. The molecule has 5 heterocycles. The van der Waals surface area contributed by atoms with Crippen LogP contribution in [-0.4, -0.2) is 82.6 Å². The Balaban J connectivity index is 1.50. The Kier molecular flexibility index (Phi) is 5.38. The SMILES string of the molecule is OCC1CN(c2nc(OCC34CCCN3CCC4)nc3c(F)c(Cl)ncc23)CCO1. The fraction of sp³-hybridized carbons (Fsp3) is 0.650. The van der Waals surface area contributed by atoms with Gasteiger partial charge in [-0.3, -0.25) is 4.90 Å². The van der Waals surface area contributed by atoms with Crippen molar-refractivity contribution in [1.82, 2.24) is 19.9 Å². The van der Waals surface area contributed by atoms with Crippen molar-refractivity contribution in [2.24, 2.45) is 0 Å². The van der Waals surface area contributed by atoms with E-state index in [1.165, 1.54) is 19.0 Å². The number of aliphatic hydroxyl groups excluding tert-OH is 1. The first-order chi connectivity index (χ1) is 14.6. The smallest absolute Gasteiger partial charge is 0.319 e. The molecule has 162 valence electrons. The third-order valence-electron chi connectivity index (χ3n) is 6.52. The van der Waals surface area contributed by atoms with Gasteiger partial charge in [-0.25, -0.2) is 9.37 Å². The summed E-state index contributed by atoms with van der Waals surface area (Å²) in [5.41, 5.74) is 0.127. The summed E-state index contributed by atoms with van der Waals surface area (Å²) in [6, 6.07) is 0.138. The number of rotatable bonds is 5. The minimum Gasteiger partial charge on any atom is -0.461 e. The lowest BCUT2D eigenvalue weighted by Crippen LogP contribution is -2.45. The number of halogens is 2. The average Bonchev–Trinajstić information content (AvgIpc) is 3.35. The number of aromatic nitrogens is 3. The minimum absolute atomic E-state index is 0.0356. The number of anilines is 1. The van der Waals surface area contributed by atoms with E-state index in [4.69, 9.17) is 21.1 Å². The molecule has 10 heteroatoms. The molecule has 0 saturated carbocycles. The summed E-state index contributed by atoms with van der Waals surface area (Å²) < 4.78 is 26.4. The van der Waals surface area contributed by atoms with Gasteiger partial charge in [0.2, 0.25) is 0 Å². The Morgan fingerprint density at radius 1 is 1.27 bits per heavy atom. The summed E-state index contributed by atoms with van der Waals surface area (Å²) in [7, 11) is 0. The van der Waals surface area contributed by atoms with Gasteiger partial charge < -0.3 is 19.5 Å². The van der Waals surface area contributed by atoms with Gasteiger partial charge in [-0.2, -0.15) is 9.97 Å². The molecule has 1 N–H and O–H groups in total. The highest BCUT2D eigenvalue weighted by molar-refractivity contribution is 6.30. The second-order valence-corrected chi connectivity index (χ2v) is 8.64. The van der Waals surface area contributed by atoms with Crippen LogP contribution in [0.1, 0.15) is 25.7 Å². The number of fused-ring (bicyclic) bond motifs is 2. The summed E-state index contributed by atoms with van der Waals surface area (Å²) in [6.45, 7) is 4.02. The molecule has 1 atom stereocenters. The average molecular weight is 438 g/mol. The summed E-state index contributed by atoms with van der Waals surface area (Å²) in [4.78, 5) is 17.3. The van der Waals surface area contributed by atoms with Crippen LogP contribution in [0.15, 0.2) is 6.20 Å². The normalized spacial score (nSPS) is 23.8. The monoisotopic (exact) mass is 437 g/mol. The molecule has 1 unspecified atom stereocenters. The van der Waals surface area contributed by atoms with Gasteiger partial charge in [0.15, 0.2) is 11.0 Å². The molecule has 0 amide bonds. The maximum atomic E-state index is 14.8. The first-order valence-electron chi connectivity index (χ1n) is 10.5. The molecule has 0 aliphatic carbocycles. The Bertz CT molecular complexity index is 938. The Morgan fingerprint density at radius 3 is 2.83 bits per heavy atom. The molecule has 0 radical (unpaired) electrons. The predicted octanol–water partition coefficient (Wildman–Crippen LogP) is 2.02. The molecule has 3 aliphatic rings. The zero-order valence-electron chi connectivity index (χ0n) is 16.7. The maximum absolute atomic E-state index is 14.8. The standard InChI is InChI=1S/C20H25ClFN5O3/c21-17-15(22)16-14(9-23-17)18(26-7-8-29-13(10-26)11-28)25-19(24-16)30-12-20-3-1-5-27(20)6-2-4-20/h9,13,28H,1-8,10-12H2. The van der Waals surface area contributed by atoms with Crippen LogP contribution in [0.25, 0.3) is 10.9 Å². The van der Waals surface area contributed by atoms with Crippen molar-refractivity contribution in [3.05, 3.63) is 17.2 Å². The van der Waals surface area contributed by atoms with Gasteiger partial charge >= 0.3 is 6.01 Å². The van der Waals surface area contributed by atoms with E-state index in [0.29, 0.717) is 37.5 Å². The molecule has 0 bridgehead atoms. The molecule has 8 nitrogen and oxygen atoms in total. The van der Waals surface area contributed by atoms with Gasteiger partial charge in [-0.05, 0) is 38.8 Å². The van der Waals surface area contributed by atoms with Gasteiger partial charge in [-0.1, -0.05) is 11.6 Å². The number of ether oxygens (including phenoxy) is 2. The molecule has 2 aromatic heterocycles. The van der Waals surface area contributed by atoms with Crippen molar-refractivity contribution in [3.8, 4) is 6.01 Å². The fourth-order valence-corrected chi connectivity index (χ4v) is 5.13. The topological polar surface area (TPSA) is 83.8 Å². The zero-order valence-corrected chi connectivity index (χ0v) is 17.4. The first-order valence-corrected chi connectivity index (χ1v) is 10.8. The van der Waals surface area contributed by atoms with E-state index >= 15 is 0 Å². The predicted molar refractivity (Wildman–Crippen MR) is 110 cm³/mol. The van der Waals surface area contributed by atoms with Crippen molar-refractivity contribution in [3.63, 3.8) is 0 Å². The van der Waals surface area contributed by atoms with Crippen LogP contribution < -0.4 is 9.64 Å². The van der Waals surface area contributed by atoms with E-state index in [-0.39, 0.29) is 34.9 Å². The van der Waals surface area contributed by atoms with Crippen LogP contribution in [0.2, 0.25) is 5.15 Å². The van der Waals surface area contributed by atoms with Gasteiger partial charge in [0.05, 0.1) is 30.2 Å². The van der Waals surface area contributed by atoms with E-state index in [1.54, 1.807) is 0 Å². The Labute approximate surface area is 179 Å². The summed E-state index contributed by atoms with van der Waals surface area (Å²) in [5.74, 6) is -0.164. The second kappa shape index (κ2) is 8.03. The molecule has 5 rings (SSSR count). The number of hydrogen-bond donors (Lipinski definition) is 1. The number of pyridine rings is 1. The molecule has 0 aromatic carbocycles. The highest BCUT2D eigenvalue weighted by atomic mass is 35.5. The van der Waals surface area contributed by atoms with E-state index in [1.807, 2.05) is 4.90 Å². The highest BCUT2D eigenvalue weighted by Crippen LogP contribution is 2.39. The number of nitrogens with zero attached hydrogens (tertiary/aromatic N) is 5. The second-order valence-electron chi connectivity index (χ2n) is 8.28. The van der Waals surface area contributed by atoms with Crippen molar-refractivity contribution in [1.29, 1.82) is 0 Å². The van der Waals surface area contributed by atoms with Crippen molar-refractivity contribution in [2.45, 2.75) is 37.3 Å². The lowest BCUT2D eigenvalue weighted by Gasteiger charge is -2.34. The molecule has 3 fully saturated rings. The molecule has 3 aliphatic heterocycles. The van der Waals surface area contributed by atoms with Gasteiger partial charge in [0.1, 0.15) is 17.9 Å². The quantitative estimate of drug-likeness (QED) is 0.711. The molecule has 30 heavy (non-hydrogen) atoms. The largest absolute Gasteiger partial charge is 0.461 e. The Hall–Kier alpha value is -1.81. The number of hydrogen-bond acceptors (Lipinski definition) is 8. The van der Waals surface area contributed by atoms with Crippen LogP contribution in [0.5, 0.6) is 6.01 Å². The van der Waals surface area contributed by atoms with Crippen LogP contribution >= 0.6 is 11.6 Å².